The molecule has 26 heavy (non-hydrogen) atoms. The summed E-state index contributed by atoms with van der Waals surface area (Å²) in [6.07, 6.45) is 13.3. The summed E-state index contributed by atoms with van der Waals surface area (Å²) in [6.45, 7) is 2.90. The number of H-pyrrole nitrogens is 2. The molecule has 0 unspecified atom stereocenters. The maximum atomic E-state index is 8.82. The molecule has 0 bridgehead atoms. The van der Waals surface area contributed by atoms with Crippen LogP contribution in [0.15, 0.2) is 47.2 Å². The second kappa shape index (κ2) is 9.25. The van der Waals surface area contributed by atoms with Gasteiger partial charge in [-0.05, 0) is 56.5 Å². The Hall–Kier alpha value is -2.53. The van der Waals surface area contributed by atoms with Crippen molar-refractivity contribution in [1.82, 2.24) is 9.97 Å². The van der Waals surface area contributed by atoms with E-state index in [1.54, 1.807) is 0 Å². The lowest BCUT2D eigenvalue weighted by molar-refractivity contribution is 0.283. The lowest BCUT2D eigenvalue weighted by Crippen LogP contribution is -1.92. The second-order valence-corrected chi connectivity index (χ2v) is 6.37. The SMILES string of the molecule is CCOc1cc(-c2ccc[nH]2)[nH]c1C=C1C=CC(CCCCCCO)=N1. The van der Waals surface area contributed by atoms with Crippen LogP contribution in [0.5, 0.6) is 5.75 Å². The van der Waals surface area contributed by atoms with Crippen LogP contribution < -0.4 is 4.74 Å². The Kier molecular flexibility index (Phi) is 6.50. The van der Waals surface area contributed by atoms with E-state index >= 15 is 0 Å². The average Bonchev–Trinajstić information content (AvgIpc) is 3.37. The predicted octanol–water partition coefficient (Wildman–Crippen LogP) is 4.70. The Morgan fingerprint density at radius 1 is 1.15 bits per heavy atom. The summed E-state index contributed by atoms with van der Waals surface area (Å²) >= 11 is 0. The van der Waals surface area contributed by atoms with E-state index < -0.39 is 0 Å². The molecule has 3 heterocycles. The number of rotatable bonds is 10. The maximum absolute atomic E-state index is 8.82. The fraction of sp³-hybridized carbons (Fsp3) is 0.381. The minimum Gasteiger partial charge on any atom is -0.492 e. The maximum Gasteiger partial charge on any atom is 0.144 e. The van der Waals surface area contributed by atoms with Crippen molar-refractivity contribution >= 4 is 11.8 Å². The third kappa shape index (κ3) is 4.76. The van der Waals surface area contributed by atoms with E-state index in [0.717, 1.165) is 66.3 Å². The summed E-state index contributed by atoms with van der Waals surface area (Å²) in [5, 5.41) is 8.82. The first-order valence-electron chi connectivity index (χ1n) is 9.38. The number of aliphatic hydroxyl groups excluding tert-OH is 1. The van der Waals surface area contributed by atoms with E-state index in [9.17, 15) is 0 Å². The van der Waals surface area contributed by atoms with Gasteiger partial charge in [-0.3, -0.25) is 4.99 Å². The smallest absolute Gasteiger partial charge is 0.144 e. The van der Waals surface area contributed by atoms with Crippen molar-refractivity contribution in [2.75, 3.05) is 13.2 Å². The number of unbranched alkanes of at least 4 members (excludes halogenated alkanes) is 3. The highest BCUT2D eigenvalue weighted by atomic mass is 16.5. The van der Waals surface area contributed by atoms with Gasteiger partial charge in [0.2, 0.25) is 0 Å². The van der Waals surface area contributed by atoms with Gasteiger partial charge >= 0.3 is 0 Å². The van der Waals surface area contributed by atoms with Gasteiger partial charge in [0.05, 0.1) is 29.4 Å². The van der Waals surface area contributed by atoms with Crippen LogP contribution in [0.2, 0.25) is 0 Å². The zero-order valence-corrected chi connectivity index (χ0v) is 15.3. The highest BCUT2D eigenvalue weighted by Crippen LogP contribution is 2.29. The molecule has 0 fully saturated rings. The van der Waals surface area contributed by atoms with Crippen molar-refractivity contribution in [2.24, 2.45) is 4.99 Å². The Morgan fingerprint density at radius 2 is 2.04 bits per heavy atom. The molecule has 0 amide bonds. The molecule has 3 N–H and O–H groups in total. The van der Waals surface area contributed by atoms with Gasteiger partial charge in [0, 0.05) is 24.6 Å². The number of hydrogen-bond donors (Lipinski definition) is 3. The van der Waals surface area contributed by atoms with Gasteiger partial charge in [-0.2, -0.15) is 0 Å². The lowest BCUT2D eigenvalue weighted by Gasteiger charge is -2.01. The minimum absolute atomic E-state index is 0.288. The fourth-order valence-corrected chi connectivity index (χ4v) is 3.04. The molecule has 3 rings (SSSR count). The Morgan fingerprint density at radius 3 is 2.81 bits per heavy atom. The number of aromatic amines is 2. The summed E-state index contributed by atoms with van der Waals surface area (Å²) < 4.78 is 5.77. The highest BCUT2D eigenvalue weighted by Gasteiger charge is 2.11. The molecule has 0 radical (unpaired) electrons. The summed E-state index contributed by atoms with van der Waals surface area (Å²) in [6, 6.07) is 6.03. The molecule has 0 spiro atoms. The predicted molar refractivity (Wildman–Crippen MR) is 106 cm³/mol. The van der Waals surface area contributed by atoms with Crippen LogP contribution in [-0.2, 0) is 0 Å². The van der Waals surface area contributed by atoms with Gasteiger partial charge in [-0.1, -0.05) is 12.8 Å². The van der Waals surface area contributed by atoms with Gasteiger partial charge in [0.25, 0.3) is 0 Å². The van der Waals surface area contributed by atoms with Crippen molar-refractivity contribution in [2.45, 2.75) is 39.0 Å². The summed E-state index contributed by atoms with van der Waals surface area (Å²) in [4.78, 5) is 11.3. The number of hydrogen-bond acceptors (Lipinski definition) is 3. The van der Waals surface area contributed by atoms with E-state index in [1.165, 1.54) is 0 Å². The summed E-state index contributed by atoms with van der Waals surface area (Å²) in [5.41, 5.74) is 5.03. The topological polar surface area (TPSA) is 73.4 Å². The van der Waals surface area contributed by atoms with Gasteiger partial charge in [-0.15, -0.1) is 0 Å². The number of allylic oxidation sites excluding steroid dienone is 2. The second-order valence-electron chi connectivity index (χ2n) is 6.37. The molecule has 138 valence electrons. The van der Waals surface area contributed by atoms with Crippen LogP contribution in [0.4, 0.5) is 0 Å². The van der Waals surface area contributed by atoms with E-state index in [-0.39, 0.29) is 6.61 Å². The lowest BCUT2D eigenvalue weighted by atomic mass is 10.1. The molecular formula is C21H27N3O2. The van der Waals surface area contributed by atoms with Crippen molar-refractivity contribution in [3.63, 3.8) is 0 Å². The Balaban J connectivity index is 1.68. The molecule has 5 nitrogen and oxygen atoms in total. The Bertz CT molecular complexity index is 782. The van der Waals surface area contributed by atoms with Gasteiger partial charge in [-0.25, -0.2) is 0 Å². The van der Waals surface area contributed by atoms with Crippen molar-refractivity contribution < 1.29 is 9.84 Å². The van der Waals surface area contributed by atoms with E-state index in [2.05, 4.69) is 16.0 Å². The molecule has 1 aliphatic heterocycles. The third-order valence-corrected chi connectivity index (χ3v) is 4.35. The number of nitrogens with one attached hydrogen (secondary N) is 2. The zero-order valence-electron chi connectivity index (χ0n) is 15.3. The number of aromatic nitrogens is 2. The average molecular weight is 353 g/mol. The number of aliphatic imine (C=N–C) groups is 1. The molecular weight excluding hydrogens is 326 g/mol. The summed E-state index contributed by atoms with van der Waals surface area (Å²) in [5.74, 6) is 0.839. The van der Waals surface area contributed by atoms with Crippen LogP contribution in [0.3, 0.4) is 0 Å². The van der Waals surface area contributed by atoms with Crippen molar-refractivity contribution in [3.05, 3.63) is 47.9 Å². The van der Waals surface area contributed by atoms with Crippen LogP contribution in [-0.4, -0.2) is 34.0 Å². The molecule has 0 aromatic carbocycles. The molecule has 2 aromatic rings. The number of ether oxygens (including phenoxy) is 1. The van der Waals surface area contributed by atoms with Crippen LogP contribution in [0.25, 0.3) is 17.5 Å². The molecule has 0 atom stereocenters. The standard InChI is InChI=1S/C21H27N3O2/c1-2-26-21-15-19(18-9-7-12-22-18)24-20(21)14-17-11-10-16(23-17)8-5-3-4-6-13-25/h7,9-12,14-15,22,24-25H,2-6,8,13H2,1H3. The van der Waals surface area contributed by atoms with Gasteiger partial charge in [0.15, 0.2) is 0 Å². The monoisotopic (exact) mass is 353 g/mol. The minimum atomic E-state index is 0.288. The molecule has 0 saturated heterocycles. The quantitative estimate of drug-likeness (QED) is 0.542. The zero-order chi connectivity index (χ0) is 18.2. The van der Waals surface area contributed by atoms with Crippen LogP contribution in [0.1, 0.15) is 44.7 Å². The van der Waals surface area contributed by atoms with Crippen LogP contribution >= 0.6 is 0 Å². The van der Waals surface area contributed by atoms with Crippen LogP contribution in [0, 0.1) is 0 Å². The normalized spacial score (nSPS) is 15.0. The molecule has 1 aliphatic rings. The molecule has 0 aliphatic carbocycles. The first-order valence-corrected chi connectivity index (χ1v) is 9.38. The van der Waals surface area contributed by atoms with Gasteiger partial charge < -0.3 is 19.8 Å². The number of nitrogens with zero attached hydrogens (tertiary/aromatic N) is 1. The number of aliphatic hydroxyl groups is 1. The van der Waals surface area contributed by atoms with Crippen molar-refractivity contribution in [1.29, 1.82) is 0 Å². The van der Waals surface area contributed by atoms with E-state index in [4.69, 9.17) is 14.8 Å². The van der Waals surface area contributed by atoms with Crippen molar-refractivity contribution in [3.8, 4) is 17.1 Å². The summed E-state index contributed by atoms with van der Waals surface area (Å²) in [7, 11) is 0. The fourth-order valence-electron chi connectivity index (χ4n) is 3.04. The third-order valence-electron chi connectivity index (χ3n) is 4.35. The largest absolute Gasteiger partial charge is 0.492 e. The first kappa shape index (κ1) is 18.3. The Labute approximate surface area is 154 Å². The molecule has 5 heteroatoms. The van der Waals surface area contributed by atoms with Gasteiger partial charge in [0.1, 0.15) is 5.75 Å². The highest BCUT2D eigenvalue weighted by molar-refractivity contribution is 5.99. The molecule has 0 saturated carbocycles. The van der Waals surface area contributed by atoms with E-state index in [1.807, 2.05) is 43.5 Å². The molecule has 2 aromatic heterocycles. The first-order chi connectivity index (χ1) is 12.8. The van der Waals surface area contributed by atoms with E-state index in [0.29, 0.717) is 6.61 Å².